The van der Waals surface area contributed by atoms with Crippen LogP contribution in [0.15, 0.2) is 47.0 Å². The molecule has 0 spiro atoms. The van der Waals surface area contributed by atoms with Crippen molar-refractivity contribution in [3.8, 4) is 11.4 Å². The van der Waals surface area contributed by atoms with E-state index in [4.69, 9.17) is 32.8 Å². The normalized spacial score (nSPS) is 10.7. The number of hydrogen-bond donors (Lipinski definition) is 1. The van der Waals surface area contributed by atoms with Crippen molar-refractivity contribution in [3.05, 3.63) is 69.5 Å². The number of carbonyl (C=O) groups is 1. The summed E-state index contributed by atoms with van der Waals surface area (Å²) in [6.45, 7) is 0. The van der Waals surface area contributed by atoms with E-state index in [2.05, 4.69) is 10.1 Å². The van der Waals surface area contributed by atoms with Gasteiger partial charge >= 0.3 is 5.97 Å². The lowest BCUT2D eigenvalue weighted by atomic mass is 10.1. The summed E-state index contributed by atoms with van der Waals surface area (Å²) in [7, 11) is 0. The number of aromatic nitrogens is 2. The minimum Gasteiger partial charge on any atom is -0.478 e. The molecule has 0 bridgehead atoms. The Morgan fingerprint density at radius 2 is 1.96 bits per heavy atom. The van der Waals surface area contributed by atoms with E-state index in [-0.39, 0.29) is 5.56 Å². The number of benzene rings is 2. The molecule has 0 unspecified atom stereocenters. The third kappa shape index (κ3) is 3.52. The van der Waals surface area contributed by atoms with Crippen LogP contribution in [0.2, 0.25) is 10.0 Å². The molecule has 2 aromatic carbocycles. The maximum atomic E-state index is 11.0. The Bertz CT molecular complexity index is 877. The molecule has 7 heteroatoms. The first-order chi connectivity index (χ1) is 11.0. The number of hydrogen-bond acceptors (Lipinski definition) is 4. The molecule has 3 rings (SSSR count). The van der Waals surface area contributed by atoms with Crippen molar-refractivity contribution >= 4 is 29.2 Å². The summed E-state index contributed by atoms with van der Waals surface area (Å²) in [6.07, 6.45) is 0.405. The second-order valence-corrected chi connectivity index (χ2v) is 5.64. The van der Waals surface area contributed by atoms with Gasteiger partial charge < -0.3 is 9.63 Å². The average molecular weight is 349 g/mol. The largest absolute Gasteiger partial charge is 0.478 e. The number of nitrogens with zero attached hydrogens (tertiary/aromatic N) is 2. The molecule has 0 saturated carbocycles. The highest BCUT2D eigenvalue weighted by molar-refractivity contribution is 6.42. The summed E-state index contributed by atoms with van der Waals surface area (Å²) in [5.74, 6) is -0.270. The average Bonchev–Trinajstić information content (AvgIpc) is 2.99. The fraction of sp³-hybridized carbons (Fsp3) is 0.0625. The van der Waals surface area contributed by atoms with Gasteiger partial charge in [0.1, 0.15) is 0 Å². The monoisotopic (exact) mass is 348 g/mol. The summed E-state index contributed by atoms with van der Waals surface area (Å²) >= 11 is 11.9. The van der Waals surface area contributed by atoms with Gasteiger partial charge in [0.2, 0.25) is 11.7 Å². The third-order valence-electron chi connectivity index (χ3n) is 3.18. The maximum absolute atomic E-state index is 11.0. The Hall–Kier alpha value is -2.37. The van der Waals surface area contributed by atoms with Crippen molar-refractivity contribution in [2.75, 3.05) is 0 Å². The van der Waals surface area contributed by atoms with Crippen LogP contribution in [0.25, 0.3) is 11.4 Å². The molecule has 0 radical (unpaired) electrons. The fourth-order valence-corrected chi connectivity index (χ4v) is 2.38. The van der Waals surface area contributed by atoms with Crippen molar-refractivity contribution in [2.45, 2.75) is 6.42 Å². The summed E-state index contributed by atoms with van der Waals surface area (Å²) in [5, 5.41) is 13.8. The molecule has 0 saturated heterocycles. The van der Waals surface area contributed by atoms with E-state index >= 15 is 0 Å². The van der Waals surface area contributed by atoms with Gasteiger partial charge in [0.05, 0.1) is 22.0 Å². The van der Waals surface area contributed by atoms with E-state index in [1.54, 1.807) is 24.3 Å². The SMILES string of the molecule is O=C(O)c1cccc(-c2noc(Cc3ccc(Cl)c(Cl)c3)n2)c1. The molecular weight excluding hydrogens is 339 g/mol. The summed E-state index contributed by atoms with van der Waals surface area (Å²) in [5.41, 5.74) is 1.63. The highest BCUT2D eigenvalue weighted by atomic mass is 35.5. The fourth-order valence-electron chi connectivity index (χ4n) is 2.06. The molecule has 0 atom stereocenters. The smallest absolute Gasteiger partial charge is 0.335 e. The highest BCUT2D eigenvalue weighted by Crippen LogP contribution is 2.24. The van der Waals surface area contributed by atoms with E-state index in [0.717, 1.165) is 5.56 Å². The van der Waals surface area contributed by atoms with Gasteiger partial charge in [0, 0.05) is 5.56 Å². The number of aromatic carboxylic acids is 1. The van der Waals surface area contributed by atoms with Crippen LogP contribution in [-0.2, 0) is 6.42 Å². The Morgan fingerprint density at radius 3 is 2.70 bits per heavy atom. The van der Waals surface area contributed by atoms with Crippen LogP contribution in [-0.4, -0.2) is 21.2 Å². The first-order valence-electron chi connectivity index (χ1n) is 6.63. The second kappa shape index (κ2) is 6.40. The maximum Gasteiger partial charge on any atom is 0.335 e. The van der Waals surface area contributed by atoms with Gasteiger partial charge in [-0.25, -0.2) is 4.79 Å². The van der Waals surface area contributed by atoms with Crippen molar-refractivity contribution in [2.24, 2.45) is 0 Å². The Morgan fingerprint density at radius 1 is 1.13 bits per heavy atom. The van der Waals surface area contributed by atoms with Crippen LogP contribution in [0.3, 0.4) is 0 Å². The van der Waals surface area contributed by atoms with Gasteiger partial charge in [-0.2, -0.15) is 4.98 Å². The number of halogens is 2. The molecule has 0 fully saturated rings. The lowest BCUT2D eigenvalue weighted by Gasteiger charge is -1.99. The van der Waals surface area contributed by atoms with Crippen molar-refractivity contribution in [3.63, 3.8) is 0 Å². The molecule has 1 N–H and O–H groups in total. The van der Waals surface area contributed by atoms with Crippen LogP contribution in [0.1, 0.15) is 21.8 Å². The van der Waals surface area contributed by atoms with Gasteiger partial charge in [-0.1, -0.05) is 46.6 Å². The van der Waals surface area contributed by atoms with Crippen LogP contribution in [0.4, 0.5) is 0 Å². The van der Waals surface area contributed by atoms with Gasteiger partial charge in [-0.15, -0.1) is 0 Å². The highest BCUT2D eigenvalue weighted by Gasteiger charge is 2.12. The molecule has 0 amide bonds. The van der Waals surface area contributed by atoms with Crippen LogP contribution >= 0.6 is 23.2 Å². The minimum atomic E-state index is -1.01. The van der Waals surface area contributed by atoms with Gasteiger partial charge in [-0.3, -0.25) is 0 Å². The van der Waals surface area contributed by atoms with Crippen LogP contribution in [0, 0.1) is 0 Å². The quantitative estimate of drug-likeness (QED) is 0.759. The van der Waals surface area contributed by atoms with Gasteiger partial charge in [-0.05, 0) is 29.8 Å². The van der Waals surface area contributed by atoms with E-state index in [9.17, 15) is 4.79 Å². The van der Waals surface area contributed by atoms with Gasteiger partial charge in [0.25, 0.3) is 0 Å². The summed E-state index contributed by atoms with van der Waals surface area (Å²) in [4.78, 5) is 15.3. The van der Waals surface area contributed by atoms with E-state index in [0.29, 0.717) is 33.7 Å². The first kappa shape index (κ1) is 15.5. The standard InChI is InChI=1S/C16H10Cl2N2O3/c17-12-5-4-9(6-13(12)18)7-14-19-15(20-23-14)10-2-1-3-11(8-10)16(21)22/h1-6,8H,7H2,(H,21,22). The molecule has 23 heavy (non-hydrogen) atoms. The molecule has 1 aromatic heterocycles. The zero-order valence-electron chi connectivity index (χ0n) is 11.7. The van der Waals surface area contributed by atoms with E-state index in [1.807, 2.05) is 6.07 Å². The Balaban J connectivity index is 1.84. The third-order valence-corrected chi connectivity index (χ3v) is 3.91. The lowest BCUT2D eigenvalue weighted by Crippen LogP contribution is -1.96. The molecule has 0 aliphatic carbocycles. The zero-order chi connectivity index (χ0) is 16.4. The molecular formula is C16H10Cl2N2O3. The molecule has 1 heterocycles. The van der Waals surface area contributed by atoms with Gasteiger partial charge in [0.15, 0.2) is 0 Å². The van der Waals surface area contributed by atoms with E-state index < -0.39 is 5.97 Å². The van der Waals surface area contributed by atoms with Crippen molar-refractivity contribution in [1.82, 2.24) is 10.1 Å². The van der Waals surface area contributed by atoms with E-state index in [1.165, 1.54) is 12.1 Å². The number of carboxylic acids is 1. The summed E-state index contributed by atoms with van der Waals surface area (Å²) in [6, 6.07) is 11.6. The predicted molar refractivity (Wildman–Crippen MR) is 86.0 cm³/mol. The second-order valence-electron chi connectivity index (χ2n) is 4.82. The predicted octanol–water partition coefficient (Wildman–Crippen LogP) is 4.33. The molecule has 0 aliphatic rings. The molecule has 0 aliphatic heterocycles. The summed E-state index contributed by atoms with van der Waals surface area (Å²) < 4.78 is 5.21. The number of carboxylic acid groups (broad SMARTS) is 1. The topological polar surface area (TPSA) is 76.2 Å². The minimum absolute atomic E-state index is 0.165. The van der Waals surface area contributed by atoms with Crippen molar-refractivity contribution in [1.29, 1.82) is 0 Å². The molecule has 116 valence electrons. The molecule has 5 nitrogen and oxygen atoms in total. The van der Waals surface area contributed by atoms with Crippen LogP contribution < -0.4 is 0 Å². The Labute approximate surface area is 141 Å². The Kier molecular flexibility index (Phi) is 4.32. The first-order valence-corrected chi connectivity index (χ1v) is 7.39. The molecule has 3 aromatic rings. The lowest BCUT2D eigenvalue weighted by molar-refractivity contribution is 0.0697. The van der Waals surface area contributed by atoms with Crippen molar-refractivity contribution < 1.29 is 14.4 Å². The van der Waals surface area contributed by atoms with Crippen LogP contribution in [0.5, 0.6) is 0 Å². The zero-order valence-corrected chi connectivity index (χ0v) is 13.2. The number of rotatable bonds is 4.